The molecule has 0 aliphatic heterocycles. The number of ether oxygens (including phenoxy) is 3. The molecule has 1 aromatic carbocycles. The number of methoxy groups -OCH3 is 3. The van der Waals surface area contributed by atoms with Gasteiger partial charge in [0.05, 0.1) is 32.5 Å². The van der Waals surface area contributed by atoms with Gasteiger partial charge >= 0.3 is 5.69 Å². The predicted molar refractivity (Wildman–Crippen MR) is 96.1 cm³/mol. The van der Waals surface area contributed by atoms with Crippen molar-refractivity contribution >= 4 is 17.5 Å². The minimum atomic E-state index is -0.742. The van der Waals surface area contributed by atoms with Crippen molar-refractivity contribution in [1.29, 1.82) is 0 Å². The third kappa shape index (κ3) is 4.31. The van der Waals surface area contributed by atoms with Crippen LogP contribution in [0.15, 0.2) is 28.9 Å². The molecule has 0 radical (unpaired) electrons. The number of benzene rings is 1. The zero-order chi connectivity index (χ0) is 20.7. The van der Waals surface area contributed by atoms with Crippen molar-refractivity contribution in [1.82, 2.24) is 10.6 Å². The van der Waals surface area contributed by atoms with Crippen LogP contribution in [0.1, 0.15) is 20.9 Å². The highest BCUT2D eigenvalue weighted by atomic mass is 16.6. The van der Waals surface area contributed by atoms with Gasteiger partial charge in [-0.15, -0.1) is 0 Å². The smallest absolute Gasteiger partial charge is 0.327 e. The van der Waals surface area contributed by atoms with Crippen molar-refractivity contribution in [3.63, 3.8) is 0 Å². The van der Waals surface area contributed by atoms with Crippen LogP contribution in [0.2, 0.25) is 0 Å². The van der Waals surface area contributed by atoms with E-state index in [9.17, 15) is 19.7 Å². The first kappa shape index (κ1) is 20.6. The molecule has 150 valence electrons. The molecule has 0 aliphatic rings. The van der Waals surface area contributed by atoms with E-state index in [1.165, 1.54) is 39.7 Å². The van der Waals surface area contributed by atoms with Gasteiger partial charge in [0.1, 0.15) is 5.56 Å². The summed E-state index contributed by atoms with van der Waals surface area (Å²) < 4.78 is 20.2. The quantitative estimate of drug-likeness (QED) is 0.369. The highest BCUT2D eigenvalue weighted by molar-refractivity contribution is 6.00. The molecule has 0 aliphatic carbocycles. The van der Waals surface area contributed by atoms with E-state index in [2.05, 4.69) is 10.6 Å². The molecule has 0 bridgehead atoms. The maximum Gasteiger partial charge on any atom is 0.327 e. The maximum atomic E-state index is 12.5. The Balaban J connectivity index is 2.15. The lowest BCUT2D eigenvalue weighted by Gasteiger charge is -2.15. The molecular formula is C17H19N3O8. The van der Waals surface area contributed by atoms with Gasteiger partial charge in [0, 0.05) is 19.2 Å². The largest absolute Gasteiger partial charge is 0.493 e. The van der Waals surface area contributed by atoms with Crippen molar-refractivity contribution in [2.45, 2.75) is 0 Å². The van der Waals surface area contributed by atoms with Gasteiger partial charge in [-0.3, -0.25) is 19.7 Å². The summed E-state index contributed by atoms with van der Waals surface area (Å²) in [6.07, 6.45) is 1.36. The van der Waals surface area contributed by atoms with E-state index >= 15 is 0 Å². The van der Waals surface area contributed by atoms with Crippen molar-refractivity contribution in [3.05, 3.63) is 45.9 Å². The first-order valence-corrected chi connectivity index (χ1v) is 8.01. The fraction of sp³-hybridized carbons (Fsp3) is 0.294. The van der Waals surface area contributed by atoms with Gasteiger partial charge in [-0.2, -0.15) is 0 Å². The van der Waals surface area contributed by atoms with E-state index in [0.29, 0.717) is 0 Å². The molecule has 0 saturated heterocycles. The van der Waals surface area contributed by atoms with Crippen LogP contribution < -0.4 is 24.8 Å². The Morgan fingerprint density at radius 1 is 1.07 bits per heavy atom. The molecule has 11 heteroatoms. The number of furan rings is 1. The van der Waals surface area contributed by atoms with Gasteiger partial charge in [-0.05, 0) is 12.1 Å². The molecule has 2 aromatic rings. The van der Waals surface area contributed by atoms with Crippen LogP contribution >= 0.6 is 0 Å². The summed E-state index contributed by atoms with van der Waals surface area (Å²) in [5, 5.41) is 16.5. The number of hydrogen-bond donors (Lipinski definition) is 2. The van der Waals surface area contributed by atoms with E-state index in [0.717, 1.165) is 0 Å². The summed E-state index contributed by atoms with van der Waals surface area (Å²) in [5.74, 6) is -1.19. The Morgan fingerprint density at radius 3 is 2.21 bits per heavy atom. The van der Waals surface area contributed by atoms with Gasteiger partial charge < -0.3 is 29.3 Å². The topological polar surface area (TPSA) is 142 Å². The van der Waals surface area contributed by atoms with Crippen molar-refractivity contribution < 1.29 is 33.1 Å². The Morgan fingerprint density at radius 2 is 1.71 bits per heavy atom. The molecular weight excluding hydrogens is 374 g/mol. The highest BCUT2D eigenvalue weighted by Gasteiger charge is 2.32. The number of nitrogens with zero attached hydrogens (tertiary/aromatic N) is 1. The second-order valence-electron chi connectivity index (χ2n) is 5.29. The minimum absolute atomic E-state index is 0.000962. The molecule has 11 nitrogen and oxygen atoms in total. The maximum absolute atomic E-state index is 12.5. The van der Waals surface area contributed by atoms with Crippen molar-refractivity contribution in [3.8, 4) is 17.2 Å². The summed E-state index contributed by atoms with van der Waals surface area (Å²) in [7, 11) is 3.84. The SMILES string of the molecule is COc1cc(C(=O)NCCNC(=O)c2ccco2)c([N+](=O)[O-])c(OC)c1OC. The standard InChI is InChI=1S/C17H19N3O8/c1-25-12-9-10(13(20(23)24)15(27-3)14(12)26-2)16(21)18-6-7-19-17(22)11-5-4-8-28-11/h4-5,8-9H,6-7H2,1-3H3,(H,18,21)(H,19,22). The van der Waals surface area contributed by atoms with Gasteiger partial charge in [0.25, 0.3) is 11.8 Å². The Labute approximate surface area is 159 Å². The predicted octanol–water partition coefficient (Wildman–Crippen LogP) is 1.37. The summed E-state index contributed by atoms with van der Waals surface area (Å²) in [6, 6.07) is 4.25. The van der Waals surface area contributed by atoms with Crippen LogP contribution in [-0.4, -0.2) is 51.2 Å². The first-order valence-electron chi connectivity index (χ1n) is 8.01. The van der Waals surface area contributed by atoms with Crippen LogP contribution in [0.4, 0.5) is 5.69 Å². The van der Waals surface area contributed by atoms with Crippen LogP contribution in [0.5, 0.6) is 17.2 Å². The molecule has 2 rings (SSSR count). The zero-order valence-corrected chi connectivity index (χ0v) is 15.4. The molecule has 2 N–H and O–H groups in total. The highest BCUT2D eigenvalue weighted by Crippen LogP contribution is 2.46. The van der Waals surface area contributed by atoms with Gasteiger partial charge in [0.15, 0.2) is 11.5 Å². The Hall–Kier alpha value is -3.76. The minimum Gasteiger partial charge on any atom is -0.493 e. The number of carbonyl (C=O) groups excluding carboxylic acids is 2. The number of nitro benzene ring substituents is 1. The zero-order valence-electron chi connectivity index (χ0n) is 15.4. The molecule has 1 heterocycles. The van der Waals surface area contributed by atoms with Crippen LogP contribution in [0.25, 0.3) is 0 Å². The summed E-state index contributed by atoms with van der Waals surface area (Å²) in [4.78, 5) is 35.0. The van der Waals surface area contributed by atoms with E-state index in [1.807, 2.05) is 0 Å². The van der Waals surface area contributed by atoms with Crippen LogP contribution in [0.3, 0.4) is 0 Å². The lowest BCUT2D eigenvalue weighted by atomic mass is 10.1. The van der Waals surface area contributed by atoms with E-state index in [1.54, 1.807) is 6.07 Å². The number of hydrogen-bond acceptors (Lipinski definition) is 8. The average Bonchev–Trinajstić information content (AvgIpc) is 3.23. The molecule has 28 heavy (non-hydrogen) atoms. The van der Waals surface area contributed by atoms with Crippen LogP contribution in [0, 0.1) is 10.1 Å². The lowest BCUT2D eigenvalue weighted by molar-refractivity contribution is -0.386. The molecule has 1 aromatic heterocycles. The Kier molecular flexibility index (Phi) is 6.79. The number of rotatable bonds is 9. The summed E-state index contributed by atoms with van der Waals surface area (Å²) >= 11 is 0. The molecule has 0 spiro atoms. The number of amides is 2. The Bertz CT molecular complexity index is 864. The van der Waals surface area contributed by atoms with Gasteiger partial charge in [-0.25, -0.2) is 0 Å². The lowest BCUT2D eigenvalue weighted by Crippen LogP contribution is -2.34. The van der Waals surface area contributed by atoms with E-state index in [-0.39, 0.29) is 41.7 Å². The van der Waals surface area contributed by atoms with Crippen molar-refractivity contribution in [2.75, 3.05) is 34.4 Å². The average molecular weight is 393 g/mol. The second kappa shape index (κ2) is 9.26. The number of nitro groups is 1. The van der Waals surface area contributed by atoms with Gasteiger partial charge in [-0.1, -0.05) is 0 Å². The molecule has 0 saturated carbocycles. The molecule has 2 amide bonds. The monoisotopic (exact) mass is 393 g/mol. The van der Waals surface area contributed by atoms with Gasteiger partial charge in [0.2, 0.25) is 11.5 Å². The third-order valence-electron chi connectivity index (χ3n) is 3.67. The van der Waals surface area contributed by atoms with E-state index in [4.69, 9.17) is 18.6 Å². The first-order chi connectivity index (χ1) is 13.4. The fourth-order valence-electron chi connectivity index (χ4n) is 2.44. The second-order valence-corrected chi connectivity index (χ2v) is 5.29. The molecule has 0 unspecified atom stereocenters. The third-order valence-corrected chi connectivity index (χ3v) is 3.67. The number of nitrogens with one attached hydrogen (secondary N) is 2. The molecule has 0 atom stereocenters. The molecule has 0 fully saturated rings. The summed E-state index contributed by atoms with van der Waals surface area (Å²) in [6.45, 7) is 0.114. The normalized spacial score (nSPS) is 10.1. The van der Waals surface area contributed by atoms with E-state index < -0.39 is 22.4 Å². The number of carbonyl (C=O) groups is 2. The van der Waals surface area contributed by atoms with Crippen LogP contribution in [-0.2, 0) is 0 Å². The van der Waals surface area contributed by atoms with Crippen molar-refractivity contribution in [2.24, 2.45) is 0 Å². The summed E-state index contributed by atoms with van der Waals surface area (Å²) in [5.41, 5.74) is -0.825. The fourth-order valence-corrected chi connectivity index (χ4v) is 2.44.